The Bertz CT molecular complexity index is 192. The van der Waals surface area contributed by atoms with Crippen LogP contribution in [0, 0.1) is 17.8 Å². The van der Waals surface area contributed by atoms with Gasteiger partial charge in [0.15, 0.2) is 0 Å². The third kappa shape index (κ3) is 7.69. The number of hydrogen-bond donors (Lipinski definition) is 2. The van der Waals surface area contributed by atoms with Gasteiger partial charge in [0.2, 0.25) is 5.91 Å². The van der Waals surface area contributed by atoms with E-state index in [2.05, 4.69) is 33.0 Å². The number of carbonyl (C=O) groups is 1. The van der Waals surface area contributed by atoms with Crippen molar-refractivity contribution < 1.29 is 4.79 Å². The van der Waals surface area contributed by atoms with Crippen molar-refractivity contribution >= 4 is 5.91 Å². The van der Waals surface area contributed by atoms with Crippen LogP contribution in [0.3, 0.4) is 0 Å². The van der Waals surface area contributed by atoms with Crippen LogP contribution in [0.15, 0.2) is 0 Å². The lowest BCUT2D eigenvalue weighted by molar-refractivity contribution is -0.122. The van der Waals surface area contributed by atoms with E-state index in [4.69, 9.17) is 5.73 Å². The molecule has 0 bridgehead atoms. The molecule has 0 saturated heterocycles. The third-order valence-corrected chi connectivity index (χ3v) is 2.96. The smallest absolute Gasteiger partial charge is 0.220 e. The van der Waals surface area contributed by atoms with Crippen molar-refractivity contribution in [2.24, 2.45) is 23.5 Å². The van der Waals surface area contributed by atoms with Gasteiger partial charge in [-0.15, -0.1) is 0 Å². The predicted octanol–water partition coefficient (Wildman–Crippen LogP) is 2.16. The van der Waals surface area contributed by atoms with Gasteiger partial charge in [0.05, 0.1) is 0 Å². The van der Waals surface area contributed by atoms with Crippen LogP contribution >= 0.6 is 0 Å². The van der Waals surface area contributed by atoms with Gasteiger partial charge in [-0.2, -0.15) is 0 Å². The molecule has 0 spiro atoms. The number of nitrogens with two attached hydrogens (primary N) is 1. The zero-order chi connectivity index (χ0) is 12.6. The van der Waals surface area contributed by atoms with Gasteiger partial charge < -0.3 is 11.1 Å². The summed E-state index contributed by atoms with van der Waals surface area (Å²) in [6.45, 7) is 10.0. The molecular weight excluding hydrogens is 200 g/mol. The summed E-state index contributed by atoms with van der Waals surface area (Å²) < 4.78 is 0. The lowest BCUT2D eigenvalue weighted by Gasteiger charge is -2.17. The first-order valence-electron chi connectivity index (χ1n) is 6.46. The van der Waals surface area contributed by atoms with Crippen LogP contribution in [0.2, 0.25) is 0 Å². The van der Waals surface area contributed by atoms with E-state index in [0.29, 0.717) is 30.7 Å². The molecule has 0 heterocycles. The van der Waals surface area contributed by atoms with Crippen LogP contribution in [0.5, 0.6) is 0 Å². The molecule has 3 nitrogen and oxygen atoms in total. The molecule has 0 aromatic heterocycles. The first kappa shape index (κ1) is 15.4. The fourth-order valence-electron chi connectivity index (χ4n) is 1.70. The summed E-state index contributed by atoms with van der Waals surface area (Å²) in [5, 5.41) is 2.98. The minimum Gasteiger partial charge on any atom is -0.356 e. The van der Waals surface area contributed by atoms with E-state index in [-0.39, 0.29) is 5.91 Å². The Morgan fingerprint density at radius 2 is 1.94 bits per heavy atom. The molecule has 0 aliphatic carbocycles. The molecule has 0 aromatic rings. The molecule has 0 saturated carbocycles. The van der Waals surface area contributed by atoms with Gasteiger partial charge in [0, 0.05) is 13.0 Å². The van der Waals surface area contributed by atoms with Gasteiger partial charge in [-0.25, -0.2) is 0 Å². The summed E-state index contributed by atoms with van der Waals surface area (Å²) in [6, 6.07) is 0. The maximum absolute atomic E-state index is 11.6. The Kier molecular flexibility index (Phi) is 8.26. The van der Waals surface area contributed by atoms with E-state index in [9.17, 15) is 4.79 Å². The van der Waals surface area contributed by atoms with Crippen molar-refractivity contribution in [3.63, 3.8) is 0 Å². The van der Waals surface area contributed by atoms with Crippen LogP contribution < -0.4 is 11.1 Å². The molecule has 0 fully saturated rings. The summed E-state index contributed by atoms with van der Waals surface area (Å²) in [5.74, 6) is 1.65. The molecule has 2 atom stereocenters. The fourth-order valence-corrected chi connectivity index (χ4v) is 1.70. The predicted molar refractivity (Wildman–Crippen MR) is 69.1 cm³/mol. The van der Waals surface area contributed by atoms with E-state index in [0.717, 1.165) is 19.4 Å². The second-order valence-corrected chi connectivity index (χ2v) is 5.25. The van der Waals surface area contributed by atoms with Crippen molar-refractivity contribution in [2.45, 2.75) is 47.0 Å². The molecule has 3 N–H and O–H groups in total. The van der Waals surface area contributed by atoms with Crippen LogP contribution in [0.25, 0.3) is 0 Å². The van der Waals surface area contributed by atoms with E-state index in [1.165, 1.54) is 0 Å². The van der Waals surface area contributed by atoms with Gasteiger partial charge in [0.1, 0.15) is 0 Å². The van der Waals surface area contributed by atoms with Gasteiger partial charge in [0.25, 0.3) is 0 Å². The van der Waals surface area contributed by atoms with Crippen LogP contribution in [-0.2, 0) is 4.79 Å². The lowest BCUT2D eigenvalue weighted by atomic mass is 9.94. The standard InChI is InChI=1S/C13H28N2O/c1-5-11(4)9-15-13(16)7-12(8-14)6-10(2)3/h10-12H,5-9,14H2,1-4H3,(H,15,16)/t11?,12-/m0/s1. The van der Waals surface area contributed by atoms with Gasteiger partial charge in [-0.1, -0.05) is 34.1 Å². The highest BCUT2D eigenvalue weighted by molar-refractivity contribution is 5.76. The third-order valence-electron chi connectivity index (χ3n) is 2.96. The molecule has 16 heavy (non-hydrogen) atoms. The van der Waals surface area contributed by atoms with E-state index >= 15 is 0 Å². The molecule has 1 amide bonds. The molecule has 0 rings (SSSR count). The SMILES string of the molecule is CCC(C)CNC(=O)C[C@@H](CN)CC(C)C. The monoisotopic (exact) mass is 228 g/mol. The minimum absolute atomic E-state index is 0.149. The number of carbonyl (C=O) groups excluding carboxylic acids is 1. The molecule has 0 aliphatic heterocycles. The number of rotatable bonds is 8. The second kappa shape index (κ2) is 8.57. The van der Waals surface area contributed by atoms with E-state index in [1.54, 1.807) is 0 Å². The number of amides is 1. The molecule has 0 radical (unpaired) electrons. The Labute approximate surface area is 100 Å². The summed E-state index contributed by atoms with van der Waals surface area (Å²) in [6.07, 6.45) is 2.71. The summed E-state index contributed by atoms with van der Waals surface area (Å²) in [5.41, 5.74) is 5.67. The van der Waals surface area contributed by atoms with Crippen molar-refractivity contribution in [3.05, 3.63) is 0 Å². The Morgan fingerprint density at radius 1 is 1.31 bits per heavy atom. The topological polar surface area (TPSA) is 55.1 Å². The molecule has 1 unspecified atom stereocenters. The normalized spacial score (nSPS) is 14.9. The minimum atomic E-state index is 0.149. The average molecular weight is 228 g/mol. The summed E-state index contributed by atoms with van der Waals surface area (Å²) in [4.78, 5) is 11.6. The van der Waals surface area contributed by atoms with E-state index in [1.807, 2.05) is 0 Å². The first-order valence-corrected chi connectivity index (χ1v) is 6.46. The van der Waals surface area contributed by atoms with Gasteiger partial charge in [-0.3, -0.25) is 4.79 Å². The Balaban J connectivity index is 3.82. The molecule has 0 aromatic carbocycles. The van der Waals surface area contributed by atoms with Crippen molar-refractivity contribution in [1.82, 2.24) is 5.32 Å². The maximum atomic E-state index is 11.6. The van der Waals surface area contributed by atoms with Crippen molar-refractivity contribution in [1.29, 1.82) is 0 Å². The molecule has 0 aliphatic rings. The maximum Gasteiger partial charge on any atom is 0.220 e. The highest BCUT2D eigenvalue weighted by Gasteiger charge is 2.14. The number of hydrogen-bond acceptors (Lipinski definition) is 2. The first-order chi connectivity index (χ1) is 7.49. The fraction of sp³-hybridized carbons (Fsp3) is 0.923. The summed E-state index contributed by atoms with van der Waals surface area (Å²) in [7, 11) is 0. The summed E-state index contributed by atoms with van der Waals surface area (Å²) >= 11 is 0. The van der Waals surface area contributed by atoms with Gasteiger partial charge >= 0.3 is 0 Å². The van der Waals surface area contributed by atoms with Crippen LogP contribution in [-0.4, -0.2) is 19.0 Å². The largest absolute Gasteiger partial charge is 0.356 e. The zero-order valence-electron chi connectivity index (χ0n) is 11.3. The quantitative estimate of drug-likeness (QED) is 0.669. The molecule has 96 valence electrons. The van der Waals surface area contributed by atoms with Crippen LogP contribution in [0.1, 0.15) is 47.0 Å². The molecule has 3 heteroatoms. The zero-order valence-corrected chi connectivity index (χ0v) is 11.3. The lowest BCUT2D eigenvalue weighted by Crippen LogP contribution is -2.31. The van der Waals surface area contributed by atoms with Gasteiger partial charge in [-0.05, 0) is 30.7 Å². The Morgan fingerprint density at radius 3 is 2.38 bits per heavy atom. The second-order valence-electron chi connectivity index (χ2n) is 5.25. The highest BCUT2D eigenvalue weighted by atomic mass is 16.1. The Hall–Kier alpha value is -0.570. The van der Waals surface area contributed by atoms with E-state index < -0.39 is 0 Å². The van der Waals surface area contributed by atoms with Crippen LogP contribution in [0.4, 0.5) is 0 Å². The van der Waals surface area contributed by atoms with Crippen molar-refractivity contribution in [2.75, 3.05) is 13.1 Å². The molecular formula is C13H28N2O. The average Bonchev–Trinajstić information content (AvgIpc) is 2.24. The van der Waals surface area contributed by atoms with Crippen molar-refractivity contribution in [3.8, 4) is 0 Å². The highest BCUT2D eigenvalue weighted by Crippen LogP contribution is 2.14. The number of nitrogens with one attached hydrogen (secondary N) is 1.